The summed E-state index contributed by atoms with van der Waals surface area (Å²) in [6, 6.07) is 32.8. The van der Waals surface area contributed by atoms with Gasteiger partial charge in [-0.3, -0.25) is 20.6 Å². The molecule has 10 N–H and O–H groups in total. The first-order valence-electron chi connectivity index (χ1n) is 20.1. The van der Waals surface area contributed by atoms with E-state index in [2.05, 4.69) is 44.7 Å². The molecule has 2 aliphatic heterocycles. The normalized spacial score (nSPS) is 13.3. The zero-order valence-electron chi connectivity index (χ0n) is 36.3. The lowest BCUT2D eigenvalue weighted by atomic mass is 10.1. The number of rotatable bonds is 13. The lowest BCUT2D eigenvalue weighted by Crippen LogP contribution is -2.41. The van der Waals surface area contributed by atoms with Gasteiger partial charge in [-0.25, -0.2) is 9.98 Å². The average Bonchev–Trinajstić information content (AvgIpc) is 3.31. The zero-order chi connectivity index (χ0) is 47.4. The molecule has 0 saturated heterocycles. The third-order valence-corrected chi connectivity index (χ3v) is 14.8. The van der Waals surface area contributed by atoms with Crippen LogP contribution in [0.3, 0.4) is 0 Å². The van der Waals surface area contributed by atoms with Gasteiger partial charge in [-0.15, -0.1) is 24.8 Å². The van der Waals surface area contributed by atoms with Gasteiger partial charge in [-0.05, 0) is 93.5 Å². The fraction of sp³-hybridized carbons (Fsp3) is 0.244. The van der Waals surface area contributed by atoms with Crippen LogP contribution in [0.2, 0.25) is 30.1 Å². The highest BCUT2D eigenvalue weighted by Gasteiger charge is 2.17. The number of nitrogens with one attached hydrogen (secondary N) is 4. The Bertz CT molecular complexity index is 2350. The second kappa shape index (κ2) is 31.8. The van der Waals surface area contributed by atoms with E-state index in [1.165, 1.54) is 34.7 Å². The summed E-state index contributed by atoms with van der Waals surface area (Å²) in [5, 5.41) is 27.5. The van der Waals surface area contributed by atoms with Crippen molar-refractivity contribution in [2.45, 2.75) is 42.6 Å². The molecule has 2 aliphatic rings. The molecule has 5 aromatic carbocycles. The van der Waals surface area contributed by atoms with Crippen molar-refractivity contribution in [1.29, 1.82) is 10.8 Å². The quantitative estimate of drug-likeness (QED) is 0.0440. The Labute approximate surface area is 458 Å². The Hall–Kier alpha value is -2.42. The van der Waals surface area contributed by atoms with Gasteiger partial charge in [0.15, 0.2) is 20.7 Å². The molecular weight excluding hydrogens is 1110 g/mol. The molecule has 0 spiro atoms. The summed E-state index contributed by atoms with van der Waals surface area (Å²) in [6.07, 6.45) is 0. The summed E-state index contributed by atoms with van der Waals surface area (Å²) in [5.41, 5.74) is 23.7. The molecule has 23 heteroatoms. The van der Waals surface area contributed by atoms with Crippen LogP contribution in [0.5, 0.6) is 0 Å². The Balaban J connectivity index is 0.000000359. The van der Waals surface area contributed by atoms with Gasteiger partial charge in [-0.2, -0.15) is 0 Å². The van der Waals surface area contributed by atoms with E-state index < -0.39 is 0 Å². The molecule has 0 aliphatic carbocycles. The van der Waals surface area contributed by atoms with E-state index in [1.807, 2.05) is 48.5 Å². The van der Waals surface area contributed by atoms with Gasteiger partial charge in [0.25, 0.3) is 0 Å². The molecule has 11 nitrogen and oxygen atoms in total. The van der Waals surface area contributed by atoms with E-state index in [1.54, 1.807) is 53.9 Å². The maximum Gasteiger partial charge on any atom is 0.159 e. The van der Waals surface area contributed by atoms with Gasteiger partial charge in [0.1, 0.15) is 0 Å². The van der Waals surface area contributed by atoms with Crippen LogP contribution in [0, 0.1) is 10.8 Å². The average molecular weight is 1160 g/mol. The van der Waals surface area contributed by atoms with Crippen LogP contribution in [0.15, 0.2) is 113 Å². The molecule has 68 heavy (non-hydrogen) atoms. The summed E-state index contributed by atoms with van der Waals surface area (Å²) in [4.78, 5) is 13.8. The van der Waals surface area contributed by atoms with Crippen molar-refractivity contribution in [2.24, 2.45) is 27.2 Å². The summed E-state index contributed by atoms with van der Waals surface area (Å²) in [6.45, 7) is 4.45. The number of amidine groups is 4. The van der Waals surface area contributed by atoms with Crippen LogP contribution >= 0.6 is 141 Å². The van der Waals surface area contributed by atoms with E-state index in [0.717, 1.165) is 59.7 Å². The molecule has 366 valence electrons. The molecule has 0 unspecified atom stereocenters. The number of hydrogen-bond donors (Lipinski definition) is 7. The second-order valence-corrected chi connectivity index (χ2v) is 20.9. The van der Waals surface area contributed by atoms with Gasteiger partial charge in [0.2, 0.25) is 0 Å². The molecule has 0 atom stereocenters. The Morgan fingerprint density at radius 3 is 1.16 bits per heavy atom. The Morgan fingerprint density at radius 2 is 0.853 bits per heavy atom. The predicted molar refractivity (Wildman–Crippen MR) is 305 cm³/mol. The number of halogens is 8. The maximum absolute atomic E-state index is 7.17. The summed E-state index contributed by atoms with van der Waals surface area (Å²) >= 11 is 42.4. The van der Waals surface area contributed by atoms with E-state index in [4.69, 9.17) is 108 Å². The van der Waals surface area contributed by atoms with Gasteiger partial charge >= 0.3 is 0 Å². The molecule has 7 rings (SSSR count). The third-order valence-electron chi connectivity index (χ3n) is 9.50. The molecule has 2 heterocycles. The molecule has 5 aromatic rings. The minimum atomic E-state index is 0. The third kappa shape index (κ3) is 21.1. The lowest BCUT2D eigenvalue weighted by Gasteiger charge is -2.27. The van der Waals surface area contributed by atoms with E-state index >= 15 is 0 Å². The topological polar surface area (TPSA) is 181 Å². The van der Waals surface area contributed by atoms with Crippen LogP contribution in [-0.4, -0.2) is 57.1 Å². The lowest BCUT2D eigenvalue weighted by molar-refractivity contribution is 0.258. The van der Waals surface area contributed by atoms with E-state index in [-0.39, 0.29) is 35.1 Å². The van der Waals surface area contributed by atoms with Crippen molar-refractivity contribution in [3.63, 3.8) is 0 Å². The standard InChI is InChI=1S/C28H28Cl4N6S2.C10H14N4S2.C7H7Cl2N.2ClH/c29-23-5-7-25(31)21(9-23)11-37-15-33-27(34-16-37)39-13-19-3-1-2-4-20(19)14-40-28-35-17-38(18-36-28)12-22-10-24(30)6-8-26(22)32;11-9(12)15-5-7-3-1-2-4-8(7)6-16-10(13)14;8-6-1-2-7(9)5(3-6)4-10;;/h1-10H,11-18H2,(H,33,34)(H,35,36);1-4H,5-6H2,(H3,11,12)(H3,13,14);1-3H,4,10H2;2*1H. The SMILES string of the molecule is Cl.Cl.Clc1ccc(Cl)c(CN2CN=C(SCc3ccccc3CSC3=NCN(Cc4cc(Cl)ccc4Cl)CN3)NC2)c1.N=C(N)SCc1ccccc1CSC(=N)N.NCc1cc(Cl)ccc1Cl. The molecule has 0 aromatic heterocycles. The van der Waals surface area contributed by atoms with Gasteiger partial charge in [-0.1, -0.05) is 165 Å². The van der Waals surface area contributed by atoms with Crippen molar-refractivity contribution < 1.29 is 0 Å². The molecule has 0 saturated carbocycles. The van der Waals surface area contributed by atoms with Gasteiger partial charge in [0, 0.05) is 72.8 Å². The van der Waals surface area contributed by atoms with Crippen LogP contribution in [-0.2, 0) is 42.6 Å². The van der Waals surface area contributed by atoms with Crippen LogP contribution < -0.4 is 27.8 Å². The number of thioether (sulfide) groups is 4. The first-order chi connectivity index (χ1) is 31.8. The zero-order valence-corrected chi connectivity index (χ0v) is 45.8. The minimum absolute atomic E-state index is 0. The molecule has 0 fully saturated rings. The molecule has 0 radical (unpaired) electrons. The number of hydrogen-bond acceptors (Lipinski definition) is 13. The number of benzene rings is 5. The van der Waals surface area contributed by atoms with Crippen molar-refractivity contribution >= 4 is 162 Å². The highest BCUT2D eigenvalue weighted by atomic mass is 35.5. The smallest absolute Gasteiger partial charge is 0.159 e. The Kier molecular flexibility index (Phi) is 28.0. The monoisotopic (exact) mass is 1150 g/mol. The number of nitrogens with zero attached hydrogens (tertiary/aromatic N) is 4. The second-order valence-electron chi connectivity index (χ2n) is 14.4. The first-order valence-corrected chi connectivity index (χ1v) is 26.3. The van der Waals surface area contributed by atoms with Crippen molar-refractivity contribution in [2.75, 3.05) is 26.7 Å². The molecular formula is C45H51Cl8N11S4. The van der Waals surface area contributed by atoms with Crippen molar-refractivity contribution in [3.05, 3.63) is 172 Å². The summed E-state index contributed by atoms with van der Waals surface area (Å²) in [7, 11) is 0. The van der Waals surface area contributed by atoms with Crippen LogP contribution in [0.25, 0.3) is 0 Å². The van der Waals surface area contributed by atoms with Crippen LogP contribution in [0.4, 0.5) is 0 Å². The minimum Gasteiger partial charge on any atom is -0.379 e. The summed E-state index contributed by atoms with van der Waals surface area (Å²) in [5.74, 6) is 3.06. The maximum atomic E-state index is 7.17. The van der Waals surface area contributed by atoms with Crippen molar-refractivity contribution in [1.82, 2.24) is 20.4 Å². The van der Waals surface area contributed by atoms with Gasteiger partial charge in [0.05, 0.1) is 26.7 Å². The first kappa shape index (κ1) is 59.9. The largest absolute Gasteiger partial charge is 0.379 e. The van der Waals surface area contributed by atoms with Gasteiger partial charge < -0.3 is 27.8 Å². The molecule has 0 amide bonds. The fourth-order valence-electron chi connectivity index (χ4n) is 6.10. The van der Waals surface area contributed by atoms with E-state index in [0.29, 0.717) is 77.9 Å². The highest BCUT2D eigenvalue weighted by molar-refractivity contribution is 8.14. The predicted octanol–water partition coefficient (Wildman–Crippen LogP) is 12.8. The summed E-state index contributed by atoms with van der Waals surface area (Å²) < 4.78 is 0. The highest BCUT2D eigenvalue weighted by Crippen LogP contribution is 2.27. The number of aliphatic imine (C=N–C) groups is 2. The van der Waals surface area contributed by atoms with Crippen molar-refractivity contribution in [3.8, 4) is 0 Å². The molecule has 0 bridgehead atoms. The fourth-order valence-corrected chi connectivity index (χ4v) is 10.2. The van der Waals surface area contributed by atoms with E-state index in [9.17, 15) is 0 Å². The number of nitrogens with two attached hydrogens (primary N) is 3. The van der Waals surface area contributed by atoms with Crippen LogP contribution in [0.1, 0.15) is 38.9 Å². The Morgan fingerprint density at radius 1 is 0.515 bits per heavy atom.